The first-order valence-electron chi connectivity index (χ1n) is 10.0. The van der Waals surface area contributed by atoms with Crippen LogP contribution in [-0.2, 0) is 4.79 Å². The van der Waals surface area contributed by atoms with Crippen molar-refractivity contribution in [1.29, 1.82) is 0 Å². The maximum absolute atomic E-state index is 13.6. The molecule has 6 nitrogen and oxygen atoms in total. The number of aromatic nitrogens is 1. The fourth-order valence-electron chi connectivity index (χ4n) is 4.05. The molecule has 4 aromatic rings. The third-order valence-corrected chi connectivity index (χ3v) is 6.01. The van der Waals surface area contributed by atoms with E-state index >= 15 is 0 Å². The predicted octanol–water partition coefficient (Wildman–Crippen LogP) is 6.23. The van der Waals surface area contributed by atoms with E-state index in [-0.39, 0.29) is 11.3 Å². The summed E-state index contributed by atoms with van der Waals surface area (Å²) in [6, 6.07) is 15.8. The highest BCUT2D eigenvalue weighted by molar-refractivity contribution is 6.31. The third kappa shape index (κ3) is 3.57. The minimum Gasteiger partial charge on any atom is -0.503 e. The van der Waals surface area contributed by atoms with Gasteiger partial charge < -0.3 is 9.52 Å². The van der Waals surface area contributed by atoms with Crippen LogP contribution in [0.5, 0.6) is 0 Å². The summed E-state index contributed by atoms with van der Waals surface area (Å²) in [5.74, 6) is -1.99. The maximum Gasteiger partial charge on any atom is 0.294 e. The van der Waals surface area contributed by atoms with E-state index in [0.29, 0.717) is 38.0 Å². The van der Waals surface area contributed by atoms with Crippen molar-refractivity contribution < 1.29 is 19.1 Å². The summed E-state index contributed by atoms with van der Waals surface area (Å²) in [5, 5.41) is 12.5. The van der Waals surface area contributed by atoms with Crippen LogP contribution in [-0.4, -0.2) is 21.8 Å². The van der Waals surface area contributed by atoms with Gasteiger partial charge in [-0.15, -0.1) is 0 Å². The number of fused-ring (bicyclic) bond motifs is 1. The number of ketones is 1. The highest BCUT2D eigenvalue weighted by atomic mass is 35.5. The molecule has 8 heteroatoms. The molecule has 0 radical (unpaired) electrons. The lowest BCUT2D eigenvalue weighted by Crippen LogP contribution is -2.32. The normalized spacial score (nSPS) is 16.2. The van der Waals surface area contributed by atoms with E-state index in [1.807, 2.05) is 0 Å². The second-order valence-electron chi connectivity index (χ2n) is 7.65. The summed E-state index contributed by atoms with van der Waals surface area (Å²) in [4.78, 5) is 32.6. The van der Waals surface area contributed by atoms with Crippen molar-refractivity contribution in [1.82, 2.24) is 4.98 Å². The average Bonchev–Trinajstić information content (AvgIpc) is 3.33. The monoisotopic (exact) mass is 478 g/mol. The van der Waals surface area contributed by atoms with Crippen molar-refractivity contribution in [2.24, 2.45) is 0 Å². The Hall–Kier alpha value is -3.61. The fraction of sp³-hybridized carbons (Fsp3) is 0.0800. The van der Waals surface area contributed by atoms with Crippen LogP contribution in [0.15, 0.2) is 82.6 Å². The van der Waals surface area contributed by atoms with Gasteiger partial charge >= 0.3 is 0 Å². The molecule has 1 atom stereocenters. The zero-order valence-corrected chi connectivity index (χ0v) is 18.8. The number of anilines is 1. The molecule has 0 aliphatic carbocycles. The number of Topliss-reactive ketones (excluding diaryl/α,β-unsaturated/α-hetero) is 1. The zero-order chi connectivity index (χ0) is 23.3. The van der Waals surface area contributed by atoms with Gasteiger partial charge in [0.15, 0.2) is 11.5 Å². The number of benzene rings is 2. The van der Waals surface area contributed by atoms with Crippen LogP contribution in [0, 0.1) is 6.92 Å². The number of pyridine rings is 1. The zero-order valence-electron chi connectivity index (χ0n) is 17.3. The van der Waals surface area contributed by atoms with Gasteiger partial charge in [0.25, 0.3) is 5.91 Å². The molecule has 1 amide bonds. The van der Waals surface area contributed by atoms with Crippen LogP contribution in [0.1, 0.15) is 27.9 Å². The van der Waals surface area contributed by atoms with Crippen molar-refractivity contribution in [3.63, 3.8) is 0 Å². The standard InChI is InChI=1S/C25H16Cl2N2O4/c1-13-10-15(26)5-7-18(13)29-22(17-4-2-3-9-28-17)21(24(31)25(29)32)23(30)20-12-14-11-16(27)6-8-19(14)33-20/h2-12,22,31H,1H3. The van der Waals surface area contributed by atoms with E-state index in [1.165, 1.54) is 4.90 Å². The summed E-state index contributed by atoms with van der Waals surface area (Å²) < 4.78 is 5.72. The fourth-order valence-corrected chi connectivity index (χ4v) is 4.46. The molecule has 0 bridgehead atoms. The molecule has 164 valence electrons. The molecule has 1 N–H and O–H groups in total. The van der Waals surface area contributed by atoms with Gasteiger partial charge in [0.1, 0.15) is 11.6 Å². The minimum atomic E-state index is -0.956. The summed E-state index contributed by atoms with van der Waals surface area (Å²) >= 11 is 12.1. The molecule has 2 aromatic carbocycles. The van der Waals surface area contributed by atoms with E-state index < -0.39 is 23.5 Å². The first-order valence-corrected chi connectivity index (χ1v) is 10.8. The van der Waals surface area contributed by atoms with Crippen molar-refractivity contribution in [3.05, 3.63) is 105 Å². The van der Waals surface area contributed by atoms with Gasteiger partial charge in [0.05, 0.1) is 11.3 Å². The number of carbonyl (C=O) groups is 2. The molecule has 1 aliphatic rings. The van der Waals surface area contributed by atoms with Gasteiger partial charge in [0.2, 0.25) is 5.78 Å². The molecule has 0 saturated carbocycles. The van der Waals surface area contributed by atoms with Crippen molar-refractivity contribution in [2.45, 2.75) is 13.0 Å². The average molecular weight is 479 g/mol. The van der Waals surface area contributed by atoms with E-state index in [4.69, 9.17) is 27.6 Å². The van der Waals surface area contributed by atoms with Crippen molar-refractivity contribution in [3.8, 4) is 0 Å². The lowest BCUT2D eigenvalue weighted by molar-refractivity contribution is -0.117. The van der Waals surface area contributed by atoms with Crippen LogP contribution < -0.4 is 4.90 Å². The molecule has 2 aromatic heterocycles. The number of amides is 1. The quantitative estimate of drug-likeness (QED) is 0.351. The van der Waals surface area contributed by atoms with Crippen LogP contribution in [0.2, 0.25) is 10.0 Å². The predicted molar refractivity (Wildman–Crippen MR) is 126 cm³/mol. The molecule has 5 rings (SSSR count). The van der Waals surface area contributed by atoms with Crippen LogP contribution in [0.25, 0.3) is 11.0 Å². The number of furan rings is 1. The van der Waals surface area contributed by atoms with Gasteiger partial charge in [-0.3, -0.25) is 19.5 Å². The Morgan fingerprint density at radius 3 is 2.55 bits per heavy atom. The summed E-state index contributed by atoms with van der Waals surface area (Å²) in [6.45, 7) is 1.80. The lowest BCUT2D eigenvalue weighted by Gasteiger charge is -2.27. The van der Waals surface area contributed by atoms with E-state index in [0.717, 1.165) is 0 Å². The number of halogens is 2. The van der Waals surface area contributed by atoms with Gasteiger partial charge in [-0.25, -0.2) is 0 Å². The molecule has 0 fully saturated rings. The van der Waals surface area contributed by atoms with Gasteiger partial charge in [-0.2, -0.15) is 0 Å². The molecule has 33 heavy (non-hydrogen) atoms. The first kappa shape index (κ1) is 21.2. The van der Waals surface area contributed by atoms with E-state index in [9.17, 15) is 14.7 Å². The highest BCUT2D eigenvalue weighted by Gasteiger charge is 2.46. The smallest absolute Gasteiger partial charge is 0.294 e. The highest BCUT2D eigenvalue weighted by Crippen LogP contribution is 2.43. The molecule has 0 spiro atoms. The molecular weight excluding hydrogens is 463 g/mol. The van der Waals surface area contributed by atoms with Gasteiger partial charge in [0, 0.05) is 27.3 Å². The number of nitrogens with zero attached hydrogens (tertiary/aromatic N) is 2. The second-order valence-corrected chi connectivity index (χ2v) is 8.52. The molecular formula is C25H16Cl2N2O4. The first-order chi connectivity index (χ1) is 15.8. The van der Waals surface area contributed by atoms with Crippen LogP contribution >= 0.6 is 23.2 Å². The SMILES string of the molecule is Cc1cc(Cl)ccc1N1C(=O)C(O)=C(C(=O)c2cc3cc(Cl)ccc3o2)C1c1ccccn1. The number of rotatable bonds is 4. The Labute approximate surface area is 198 Å². The number of carbonyl (C=O) groups excluding carboxylic acids is 2. The van der Waals surface area contributed by atoms with Crippen molar-refractivity contribution >= 4 is 51.5 Å². The summed E-state index contributed by atoms with van der Waals surface area (Å²) in [5.41, 5.74) is 1.99. The Balaban J connectivity index is 1.67. The number of aryl methyl sites for hydroxylation is 1. The Morgan fingerprint density at radius 1 is 1.06 bits per heavy atom. The second kappa shape index (κ2) is 8.06. The van der Waals surface area contributed by atoms with E-state index in [1.54, 1.807) is 73.8 Å². The van der Waals surface area contributed by atoms with Crippen LogP contribution in [0.4, 0.5) is 5.69 Å². The molecule has 0 saturated heterocycles. The number of aliphatic hydroxyl groups excluding tert-OH is 1. The van der Waals surface area contributed by atoms with Gasteiger partial charge in [-0.1, -0.05) is 29.3 Å². The lowest BCUT2D eigenvalue weighted by atomic mass is 9.97. The Bertz CT molecular complexity index is 1460. The number of hydrogen-bond acceptors (Lipinski definition) is 5. The molecule has 3 heterocycles. The summed E-state index contributed by atoms with van der Waals surface area (Å²) in [7, 11) is 0. The van der Waals surface area contributed by atoms with E-state index in [2.05, 4.69) is 4.98 Å². The van der Waals surface area contributed by atoms with Gasteiger partial charge in [-0.05, 0) is 67.1 Å². The Morgan fingerprint density at radius 2 is 1.82 bits per heavy atom. The number of hydrogen-bond donors (Lipinski definition) is 1. The van der Waals surface area contributed by atoms with Crippen molar-refractivity contribution in [2.75, 3.05) is 4.90 Å². The topological polar surface area (TPSA) is 83.6 Å². The maximum atomic E-state index is 13.6. The summed E-state index contributed by atoms with van der Waals surface area (Å²) in [6.07, 6.45) is 1.56. The largest absolute Gasteiger partial charge is 0.503 e. The Kier molecular flexibility index (Phi) is 5.19. The molecule has 1 unspecified atom stereocenters. The minimum absolute atomic E-state index is 0.0165. The van der Waals surface area contributed by atoms with Crippen LogP contribution in [0.3, 0.4) is 0 Å². The molecule has 1 aliphatic heterocycles. The number of aliphatic hydroxyl groups is 1. The third-order valence-electron chi connectivity index (χ3n) is 5.54.